The highest BCUT2D eigenvalue weighted by Crippen LogP contribution is 2.57. The molecule has 2 rings (SSSR count). The summed E-state index contributed by atoms with van der Waals surface area (Å²) >= 11 is 0. The topological polar surface area (TPSA) is 54.4 Å². The third-order valence-electron chi connectivity index (χ3n) is 3.95. The van der Waals surface area contributed by atoms with E-state index < -0.39 is 10.1 Å². The molecule has 3 nitrogen and oxygen atoms in total. The Labute approximate surface area is 79.3 Å². The van der Waals surface area contributed by atoms with Gasteiger partial charge in [-0.1, -0.05) is 6.92 Å². The van der Waals surface area contributed by atoms with E-state index in [9.17, 15) is 8.42 Å². The van der Waals surface area contributed by atoms with E-state index in [0.29, 0.717) is 5.92 Å². The van der Waals surface area contributed by atoms with E-state index in [1.54, 1.807) is 0 Å². The maximum absolute atomic E-state index is 10.9. The van der Waals surface area contributed by atoms with Crippen LogP contribution in [0.3, 0.4) is 0 Å². The molecule has 2 aliphatic rings. The van der Waals surface area contributed by atoms with Crippen LogP contribution in [0.1, 0.15) is 32.6 Å². The van der Waals surface area contributed by atoms with Crippen LogP contribution in [0.25, 0.3) is 0 Å². The third-order valence-corrected chi connectivity index (χ3v) is 4.89. The summed E-state index contributed by atoms with van der Waals surface area (Å²) in [7, 11) is -3.78. The average Bonchev–Trinajstić information content (AvgIpc) is 2.39. The summed E-state index contributed by atoms with van der Waals surface area (Å²) in [5.74, 6) is 1.17. The summed E-state index contributed by atoms with van der Waals surface area (Å²) in [6.07, 6.45) is 4.29. The van der Waals surface area contributed by atoms with Crippen LogP contribution < -0.4 is 0 Å². The van der Waals surface area contributed by atoms with Gasteiger partial charge in [0.25, 0.3) is 10.1 Å². The Morgan fingerprint density at radius 2 is 2.23 bits per heavy atom. The number of fused-ring (bicyclic) bond motifs is 2. The predicted molar refractivity (Wildman–Crippen MR) is 50.0 cm³/mol. The molecule has 3 unspecified atom stereocenters. The molecular weight excluding hydrogens is 188 g/mol. The van der Waals surface area contributed by atoms with E-state index in [4.69, 9.17) is 4.55 Å². The number of rotatable bonds is 2. The van der Waals surface area contributed by atoms with Crippen LogP contribution in [0.15, 0.2) is 0 Å². The molecule has 0 aromatic rings. The molecule has 4 heteroatoms. The third kappa shape index (κ3) is 1.62. The summed E-state index contributed by atoms with van der Waals surface area (Å²) in [4.78, 5) is 0. The van der Waals surface area contributed by atoms with Gasteiger partial charge in [-0.05, 0) is 42.9 Å². The molecular formula is C9H16O3S. The minimum Gasteiger partial charge on any atom is -0.286 e. The van der Waals surface area contributed by atoms with Gasteiger partial charge >= 0.3 is 0 Å². The van der Waals surface area contributed by atoms with E-state index >= 15 is 0 Å². The van der Waals surface area contributed by atoms with Gasteiger partial charge < -0.3 is 0 Å². The number of hydrogen-bond donors (Lipinski definition) is 1. The molecule has 2 bridgehead atoms. The summed E-state index contributed by atoms with van der Waals surface area (Å²) in [6.45, 7) is 2.12. The standard InChI is InChI=1S/C9H16O3S/c1-7-4-8-2-3-9(7,5-8)6-13(10,11)12/h7-8H,2-6H2,1H3,(H,10,11,12). The summed E-state index contributed by atoms with van der Waals surface area (Å²) in [5.41, 5.74) is -0.0851. The van der Waals surface area contributed by atoms with E-state index in [1.807, 2.05) is 0 Å². The molecule has 0 radical (unpaired) electrons. The quantitative estimate of drug-likeness (QED) is 0.696. The summed E-state index contributed by atoms with van der Waals surface area (Å²) < 4.78 is 30.6. The van der Waals surface area contributed by atoms with Crippen LogP contribution in [0, 0.1) is 17.3 Å². The van der Waals surface area contributed by atoms with Crippen molar-refractivity contribution < 1.29 is 13.0 Å². The van der Waals surface area contributed by atoms with Gasteiger partial charge in [0.05, 0.1) is 5.75 Å². The molecule has 2 aliphatic carbocycles. The lowest BCUT2D eigenvalue weighted by atomic mass is 9.78. The highest BCUT2D eigenvalue weighted by molar-refractivity contribution is 7.85. The van der Waals surface area contributed by atoms with Gasteiger partial charge in [0, 0.05) is 0 Å². The minimum absolute atomic E-state index is 0.0162. The van der Waals surface area contributed by atoms with Crippen LogP contribution >= 0.6 is 0 Å². The van der Waals surface area contributed by atoms with E-state index in [1.165, 1.54) is 0 Å². The molecule has 0 saturated heterocycles. The van der Waals surface area contributed by atoms with Crippen LogP contribution in [-0.4, -0.2) is 18.7 Å². The smallest absolute Gasteiger partial charge is 0.265 e. The fraction of sp³-hybridized carbons (Fsp3) is 1.00. The van der Waals surface area contributed by atoms with Crippen LogP contribution in [-0.2, 0) is 10.1 Å². The minimum atomic E-state index is -3.78. The van der Waals surface area contributed by atoms with E-state index in [-0.39, 0.29) is 11.2 Å². The lowest BCUT2D eigenvalue weighted by Crippen LogP contribution is -2.31. The maximum atomic E-state index is 10.9. The van der Waals surface area contributed by atoms with Crippen LogP contribution in [0.5, 0.6) is 0 Å². The molecule has 0 aromatic carbocycles. The first-order valence-corrected chi connectivity index (χ1v) is 6.47. The zero-order chi connectivity index (χ0) is 9.69. The van der Waals surface area contributed by atoms with Gasteiger partial charge in [-0.2, -0.15) is 8.42 Å². The summed E-state index contributed by atoms with van der Waals surface area (Å²) in [5, 5.41) is 0. The lowest BCUT2D eigenvalue weighted by molar-refractivity contribution is 0.228. The Morgan fingerprint density at radius 1 is 1.54 bits per heavy atom. The zero-order valence-corrected chi connectivity index (χ0v) is 8.68. The monoisotopic (exact) mass is 204 g/mol. The Morgan fingerprint density at radius 3 is 2.62 bits per heavy atom. The first-order valence-electron chi connectivity index (χ1n) is 4.86. The van der Waals surface area contributed by atoms with E-state index in [2.05, 4.69) is 6.92 Å². The molecule has 2 saturated carbocycles. The first-order chi connectivity index (χ1) is 5.91. The molecule has 0 spiro atoms. The normalized spacial score (nSPS) is 44.2. The van der Waals surface area contributed by atoms with Crippen molar-refractivity contribution in [3.8, 4) is 0 Å². The predicted octanol–water partition coefficient (Wildman–Crippen LogP) is 1.70. The van der Waals surface area contributed by atoms with Crippen molar-refractivity contribution in [2.75, 3.05) is 5.75 Å². The maximum Gasteiger partial charge on any atom is 0.265 e. The molecule has 76 valence electrons. The lowest BCUT2D eigenvalue weighted by Gasteiger charge is -2.31. The second kappa shape index (κ2) is 2.70. The van der Waals surface area contributed by atoms with Crippen molar-refractivity contribution in [3.63, 3.8) is 0 Å². The first kappa shape index (κ1) is 9.46. The fourth-order valence-corrected chi connectivity index (χ4v) is 4.58. The molecule has 0 aliphatic heterocycles. The Balaban J connectivity index is 2.20. The molecule has 2 fully saturated rings. The molecule has 13 heavy (non-hydrogen) atoms. The van der Waals surface area contributed by atoms with Crippen molar-refractivity contribution in [1.29, 1.82) is 0 Å². The van der Waals surface area contributed by atoms with Gasteiger partial charge in [-0.3, -0.25) is 4.55 Å². The van der Waals surface area contributed by atoms with Crippen molar-refractivity contribution in [3.05, 3.63) is 0 Å². The fourth-order valence-electron chi connectivity index (χ4n) is 3.31. The SMILES string of the molecule is CC1CC2CCC1(CS(=O)(=O)O)C2. The van der Waals surface area contributed by atoms with Gasteiger partial charge in [0.1, 0.15) is 0 Å². The number of hydrogen-bond acceptors (Lipinski definition) is 2. The van der Waals surface area contributed by atoms with Crippen molar-refractivity contribution in [2.24, 2.45) is 17.3 Å². The van der Waals surface area contributed by atoms with Crippen molar-refractivity contribution >= 4 is 10.1 Å². The second-order valence-corrected chi connectivity index (χ2v) is 6.29. The van der Waals surface area contributed by atoms with Crippen molar-refractivity contribution in [2.45, 2.75) is 32.6 Å². The van der Waals surface area contributed by atoms with Crippen LogP contribution in [0.2, 0.25) is 0 Å². The van der Waals surface area contributed by atoms with Crippen molar-refractivity contribution in [1.82, 2.24) is 0 Å². The van der Waals surface area contributed by atoms with Gasteiger partial charge in [-0.15, -0.1) is 0 Å². The Hall–Kier alpha value is -0.0900. The largest absolute Gasteiger partial charge is 0.286 e. The highest BCUT2D eigenvalue weighted by Gasteiger charge is 2.51. The molecule has 0 amide bonds. The van der Waals surface area contributed by atoms with E-state index in [0.717, 1.165) is 31.6 Å². The van der Waals surface area contributed by atoms with Gasteiger partial charge in [0.2, 0.25) is 0 Å². The average molecular weight is 204 g/mol. The zero-order valence-electron chi connectivity index (χ0n) is 7.86. The Bertz CT molecular complexity index is 309. The molecule has 1 N–H and O–H groups in total. The Kier molecular flexibility index (Phi) is 1.97. The molecule has 0 heterocycles. The molecule has 3 atom stereocenters. The highest BCUT2D eigenvalue weighted by atomic mass is 32.2. The van der Waals surface area contributed by atoms with Gasteiger partial charge in [0.15, 0.2) is 0 Å². The summed E-state index contributed by atoms with van der Waals surface area (Å²) in [6, 6.07) is 0. The van der Waals surface area contributed by atoms with Gasteiger partial charge in [-0.25, -0.2) is 0 Å². The second-order valence-electron chi connectivity index (χ2n) is 4.83. The van der Waals surface area contributed by atoms with Crippen LogP contribution in [0.4, 0.5) is 0 Å². The molecule has 0 aromatic heterocycles.